The normalized spacial score (nSPS) is 14.0. The molecule has 2 nitrogen and oxygen atoms in total. The summed E-state index contributed by atoms with van der Waals surface area (Å²) < 4.78 is 0. The maximum Gasteiger partial charge on any atom is 0.0500 e. The second kappa shape index (κ2) is 4.33. The highest BCUT2D eigenvalue weighted by Crippen LogP contribution is 2.31. The fourth-order valence-corrected chi connectivity index (χ4v) is 1.51. The molecule has 0 aliphatic heterocycles. The van der Waals surface area contributed by atoms with Gasteiger partial charge in [0, 0.05) is 18.1 Å². The van der Waals surface area contributed by atoms with Gasteiger partial charge >= 0.3 is 0 Å². The third-order valence-electron chi connectivity index (χ3n) is 3.14. The third kappa shape index (κ3) is 2.58. The Morgan fingerprint density at radius 3 is 2.33 bits per heavy atom. The minimum atomic E-state index is -0.276. The minimum Gasteiger partial charge on any atom is -0.396 e. The number of aliphatic hydroxyl groups excluding tert-OH is 1. The number of nitrogens with two attached hydrogens (primary N) is 1. The summed E-state index contributed by atoms with van der Waals surface area (Å²) >= 11 is 0. The molecule has 0 saturated carbocycles. The molecule has 0 aliphatic carbocycles. The Morgan fingerprint density at radius 1 is 1.27 bits per heavy atom. The molecular formula is C13H21NO. The molecule has 0 heterocycles. The molecule has 1 aromatic rings. The van der Waals surface area contributed by atoms with E-state index in [2.05, 4.69) is 26.0 Å². The molecule has 0 bridgehead atoms. The van der Waals surface area contributed by atoms with Crippen LogP contribution in [0.3, 0.4) is 0 Å². The van der Waals surface area contributed by atoms with Crippen LogP contribution in [-0.2, 0) is 0 Å². The van der Waals surface area contributed by atoms with Gasteiger partial charge in [-0.05, 0) is 30.5 Å². The van der Waals surface area contributed by atoms with Crippen LogP contribution in [0.4, 0.5) is 0 Å². The van der Waals surface area contributed by atoms with E-state index in [0.717, 1.165) is 5.56 Å². The lowest BCUT2D eigenvalue weighted by atomic mass is 9.81. The van der Waals surface area contributed by atoms with Crippen LogP contribution in [0.5, 0.6) is 0 Å². The molecule has 0 fully saturated rings. The van der Waals surface area contributed by atoms with Crippen molar-refractivity contribution in [2.45, 2.75) is 33.7 Å². The topological polar surface area (TPSA) is 46.2 Å². The predicted molar refractivity (Wildman–Crippen MR) is 63.7 cm³/mol. The fraction of sp³-hybridized carbons (Fsp3) is 0.538. The first-order chi connectivity index (χ1) is 6.88. The summed E-state index contributed by atoms with van der Waals surface area (Å²) in [5, 5.41) is 9.27. The average molecular weight is 207 g/mol. The van der Waals surface area contributed by atoms with Gasteiger partial charge in [-0.1, -0.05) is 32.0 Å². The molecule has 1 atom stereocenters. The van der Waals surface area contributed by atoms with Crippen LogP contribution < -0.4 is 5.73 Å². The Morgan fingerprint density at radius 2 is 1.87 bits per heavy atom. The highest BCUT2D eigenvalue weighted by atomic mass is 16.3. The van der Waals surface area contributed by atoms with Crippen LogP contribution in [0.25, 0.3) is 0 Å². The van der Waals surface area contributed by atoms with Gasteiger partial charge in [0.15, 0.2) is 0 Å². The predicted octanol–water partition coefficient (Wildman–Crippen LogP) is 2.32. The molecule has 0 amide bonds. The maximum absolute atomic E-state index is 9.27. The molecule has 84 valence electrons. The number of hydrogen-bond acceptors (Lipinski definition) is 2. The Balaban J connectivity index is 3.02. The number of hydrogen-bond donors (Lipinski definition) is 2. The molecule has 3 N–H and O–H groups in total. The number of aryl methyl sites for hydroxylation is 2. The van der Waals surface area contributed by atoms with E-state index in [1.54, 1.807) is 0 Å². The van der Waals surface area contributed by atoms with Gasteiger partial charge in [-0.2, -0.15) is 0 Å². The molecule has 0 spiro atoms. The summed E-state index contributed by atoms with van der Waals surface area (Å²) in [6.45, 7) is 8.22. The van der Waals surface area contributed by atoms with Crippen molar-refractivity contribution in [2.24, 2.45) is 11.1 Å². The second-order valence-corrected chi connectivity index (χ2v) is 4.97. The average Bonchev–Trinajstić information content (AvgIpc) is 2.21. The molecule has 2 heteroatoms. The van der Waals surface area contributed by atoms with Gasteiger partial charge < -0.3 is 10.8 Å². The third-order valence-corrected chi connectivity index (χ3v) is 3.14. The van der Waals surface area contributed by atoms with Gasteiger partial charge in [0.05, 0.1) is 0 Å². The van der Waals surface area contributed by atoms with Crippen molar-refractivity contribution in [1.82, 2.24) is 0 Å². The SMILES string of the molecule is Cc1ccc([C@H](N)C(C)(C)CO)cc1C. The fourth-order valence-electron chi connectivity index (χ4n) is 1.51. The van der Waals surface area contributed by atoms with Crippen molar-refractivity contribution in [3.8, 4) is 0 Å². The molecule has 0 aromatic heterocycles. The van der Waals surface area contributed by atoms with E-state index in [-0.39, 0.29) is 18.1 Å². The van der Waals surface area contributed by atoms with E-state index >= 15 is 0 Å². The lowest BCUT2D eigenvalue weighted by molar-refractivity contribution is 0.132. The summed E-state index contributed by atoms with van der Waals surface area (Å²) in [6, 6.07) is 6.11. The lowest BCUT2D eigenvalue weighted by Gasteiger charge is -2.30. The van der Waals surface area contributed by atoms with Gasteiger partial charge in [0.2, 0.25) is 0 Å². The van der Waals surface area contributed by atoms with Crippen molar-refractivity contribution < 1.29 is 5.11 Å². The van der Waals surface area contributed by atoms with E-state index in [1.807, 2.05) is 19.9 Å². The van der Waals surface area contributed by atoms with Crippen molar-refractivity contribution in [2.75, 3.05) is 6.61 Å². The second-order valence-electron chi connectivity index (χ2n) is 4.97. The Labute approximate surface area is 92.1 Å². The largest absolute Gasteiger partial charge is 0.396 e. The smallest absolute Gasteiger partial charge is 0.0500 e. The van der Waals surface area contributed by atoms with Gasteiger partial charge in [0.25, 0.3) is 0 Å². The van der Waals surface area contributed by atoms with E-state index in [9.17, 15) is 5.11 Å². The number of rotatable bonds is 3. The van der Waals surface area contributed by atoms with Crippen molar-refractivity contribution in [3.05, 3.63) is 34.9 Å². The number of benzene rings is 1. The molecule has 1 rings (SSSR count). The van der Waals surface area contributed by atoms with Gasteiger partial charge in [0.1, 0.15) is 0 Å². The van der Waals surface area contributed by atoms with Crippen LogP contribution in [0.2, 0.25) is 0 Å². The summed E-state index contributed by atoms with van der Waals surface area (Å²) in [7, 11) is 0. The standard InChI is InChI=1S/C13H21NO/c1-9-5-6-11(7-10(9)2)12(14)13(3,4)8-15/h5-7,12,15H,8,14H2,1-4H3/t12-/m0/s1. The Bertz CT molecular complexity index is 344. The molecule has 0 saturated heterocycles. The summed E-state index contributed by atoms with van der Waals surface area (Å²) in [5.41, 5.74) is 9.48. The van der Waals surface area contributed by atoms with E-state index in [4.69, 9.17) is 5.73 Å². The minimum absolute atomic E-state index is 0.0983. The summed E-state index contributed by atoms with van der Waals surface area (Å²) in [5.74, 6) is 0. The zero-order valence-electron chi connectivity index (χ0n) is 10.0. The first-order valence-electron chi connectivity index (χ1n) is 5.32. The van der Waals surface area contributed by atoms with Crippen LogP contribution >= 0.6 is 0 Å². The quantitative estimate of drug-likeness (QED) is 0.799. The van der Waals surface area contributed by atoms with Crippen LogP contribution in [0, 0.1) is 19.3 Å². The van der Waals surface area contributed by atoms with Gasteiger partial charge in [-0.25, -0.2) is 0 Å². The zero-order chi connectivity index (χ0) is 11.6. The van der Waals surface area contributed by atoms with E-state index in [0.29, 0.717) is 0 Å². The molecule has 0 unspecified atom stereocenters. The first-order valence-corrected chi connectivity index (χ1v) is 5.32. The summed E-state index contributed by atoms with van der Waals surface area (Å²) in [4.78, 5) is 0. The van der Waals surface area contributed by atoms with Crippen LogP contribution in [-0.4, -0.2) is 11.7 Å². The van der Waals surface area contributed by atoms with Crippen molar-refractivity contribution in [1.29, 1.82) is 0 Å². The molecule has 0 radical (unpaired) electrons. The van der Waals surface area contributed by atoms with E-state index < -0.39 is 0 Å². The Kier molecular flexibility index (Phi) is 3.53. The lowest BCUT2D eigenvalue weighted by Crippen LogP contribution is -2.32. The first kappa shape index (κ1) is 12.2. The van der Waals surface area contributed by atoms with Gasteiger partial charge in [-0.3, -0.25) is 0 Å². The van der Waals surface area contributed by atoms with Gasteiger partial charge in [-0.15, -0.1) is 0 Å². The van der Waals surface area contributed by atoms with Crippen LogP contribution in [0.1, 0.15) is 36.6 Å². The summed E-state index contributed by atoms with van der Waals surface area (Å²) in [6.07, 6.45) is 0. The Hall–Kier alpha value is -0.860. The maximum atomic E-state index is 9.27. The highest BCUT2D eigenvalue weighted by molar-refractivity contribution is 5.32. The number of aliphatic hydroxyl groups is 1. The highest BCUT2D eigenvalue weighted by Gasteiger charge is 2.26. The van der Waals surface area contributed by atoms with E-state index in [1.165, 1.54) is 11.1 Å². The molecule has 15 heavy (non-hydrogen) atoms. The molecule has 0 aliphatic rings. The monoisotopic (exact) mass is 207 g/mol. The molecular weight excluding hydrogens is 186 g/mol. The van der Waals surface area contributed by atoms with Crippen LogP contribution in [0.15, 0.2) is 18.2 Å². The van der Waals surface area contributed by atoms with Crippen molar-refractivity contribution >= 4 is 0 Å². The molecule has 1 aromatic carbocycles. The van der Waals surface area contributed by atoms with Crippen molar-refractivity contribution in [3.63, 3.8) is 0 Å². The zero-order valence-corrected chi connectivity index (χ0v) is 10.0.